The Hall–Kier alpha value is -1.12. The maximum absolute atomic E-state index is 10.7. The Balaban J connectivity index is 2.36. The Bertz CT molecular complexity index is 219. The van der Waals surface area contributed by atoms with Crippen LogP contribution in [0.25, 0.3) is 0 Å². The minimum Gasteiger partial charge on any atom is -0.468 e. The molecule has 0 heterocycles. The van der Waals surface area contributed by atoms with Crippen LogP contribution >= 0.6 is 0 Å². The molecule has 3 heteroatoms. The van der Waals surface area contributed by atoms with E-state index in [1.807, 2.05) is 0 Å². The Morgan fingerprint density at radius 1 is 1.67 bits per heavy atom. The smallest absolute Gasteiger partial charge is 0.327 e. The van der Waals surface area contributed by atoms with Crippen molar-refractivity contribution < 1.29 is 9.53 Å². The first-order valence-electron chi connectivity index (χ1n) is 4.07. The molecule has 0 aromatic heterocycles. The molecule has 0 bridgehead atoms. The molecule has 0 spiro atoms. The van der Waals surface area contributed by atoms with Crippen LogP contribution in [-0.2, 0) is 9.53 Å². The number of hydrogen-bond acceptors (Lipinski definition) is 3. The van der Waals surface area contributed by atoms with Crippen LogP contribution in [0.3, 0.4) is 0 Å². The van der Waals surface area contributed by atoms with Crippen molar-refractivity contribution in [3.63, 3.8) is 0 Å². The summed E-state index contributed by atoms with van der Waals surface area (Å²) in [6.07, 6.45) is 7.13. The predicted octanol–water partition coefficient (Wildman–Crippen LogP) is 1.34. The van der Waals surface area contributed by atoms with Gasteiger partial charge < -0.3 is 4.74 Å². The van der Waals surface area contributed by atoms with Crippen molar-refractivity contribution in [3.05, 3.63) is 12.2 Å². The Morgan fingerprint density at radius 3 is 3.08 bits per heavy atom. The number of aliphatic imine (C=N–C) groups is 1. The van der Waals surface area contributed by atoms with Gasteiger partial charge in [-0.05, 0) is 12.8 Å². The normalized spacial score (nSPS) is 19.6. The number of hydrogen-bond donors (Lipinski definition) is 0. The molecule has 1 aliphatic rings. The number of allylic oxidation sites excluding steroid dienone is 2. The van der Waals surface area contributed by atoms with Crippen LogP contribution in [0, 0.1) is 0 Å². The molecule has 3 nitrogen and oxygen atoms in total. The van der Waals surface area contributed by atoms with E-state index in [1.165, 1.54) is 7.11 Å². The van der Waals surface area contributed by atoms with Gasteiger partial charge in [0.05, 0.1) is 7.11 Å². The van der Waals surface area contributed by atoms with E-state index in [4.69, 9.17) is 0 Å². The number of esters is 1. The summed E-state index contributed by atoms with van der Waals surface area (Å²) in [6, 6.07) is 0. The lowest BCUT2D eigenvalue weighted by Crippen LogP contribution is -2.08. The SMILES string of the molecule is COC(=O)CN=C1CC=CCC1. The molecule has 0 aromatic rings. The number of carbonyl (C=O) groups excluding carboxylic acids is 1. The standard InChI is InChI=1S/C9H13NO2/c1-12-9(11)7-10-8-5-3-2-4-6-8/h2-3H,4-7H2,1H3. The van der Waals surface area contributed by atoms with E-state index in [1.54, 1.807) is 0 Å². The van der Waals surface area contributed by atoms with Gasteiger partial charge in [0.25, 0.3) is 0 Å². The number of methoxy groups -OCH3 is 1. The van der Waals surface area contributed by atoms with Gasteiger partial charge in [-0.1, -0.05) is 12.2 Å². The Kier molecular flexibility index (Phi) is 3.51. The summed E-state index contributed by atoms with van der Waals surface area (Å²) in [7, 11) is 1.38. The van der Waals surface area contributed by atoms with E-state index in [9.17, 15) is 4.79 Å². The van der Waals surface area contributed by atoms with Gasteiger partial charge in [-0.3, -0.25) is 9.79 Å². The first-order valence-corrected chi connectivity index (χ1v) is 4.07. The fourth-order valence-electron chi connectivity index (χ4n) is 1.07. The van der Waals surface area contributed by atoms with Crippen LogP contribution in [0.4, 0.5) is 0 Å². The van der Waals surface area contributed by atoms with Crippen molar-refractivity contribution in [1.82, 2.24) is 0 Å². The molecule has 0 aliphatic heterocycles. The summed E-state index contributed by atoms with van der Waals surface area (Å²) in [5, 5.41) is 0. The molecular weight excluding hydrogens is 154 g/mol. The second-order valence-corrected chi connectivity index (χ2v) is 2.67. The van der Waals surface area contributed by atoms with Crippen molar-refractivity contribution in [3.8, 4) is 0 Å². The Labute approximate surface area is 72.1 Å². The van der Waals surface area contributed by atoms with Crippen LogP contribution in [-0.4, -0.2) is 25.3 Å². The fourth-order valence-corrected chi connectivity index (χ4v) is 1.07. The first kappa shape index (κ1) is 8.97. The van der Waals surface area contributed by atoms with Gasteiger partial charge >= 0.3 is 5.97 Å². The van der Waals surface area contributed by atoms with E-state index in [0.717, 1.165) is 25.0 Å². The van der Waals surface area contributed by atoms with Gasteiger partial charge in [0.2, 0.25) is 0 Å². The summed E-state index contributed by atoms with van der Waals surface area (Å²) < 4.78 is 4.48. The molecule has 0 saturated carbocycles. The first-order chi connectivity index (χ1) is 5.83. The lowest BCUT2D eigenvalue weighted by molar-refractivity contribution is -0.138. The molecular formula is C9H13NO2. The molecule has 0 unspecified atom stereocenters. The number of carbonyl (C=O) groups is 1. The van der Waals surface area contributed by atoms with Crippen molar-refractivity contribution in [2.75, 3.05) is 13.7 Å². The molecule has 0 fully saturated rings. The van der Waals surface area contributed by atoms with E-state index in [-0.39, 0.29) is 12.5 Å². The van der Waals surface area contributed by atoms with Gasteiger partial charge in [-0.15, -0.1) is 0 Å². The van der Waals surface area contributed by atoms with Crippen LogP contribution in [0.1, 0.15) is 19.3 Å². The second kappa shape index (κ2) is 4.70. The topological polar surface area (TPSA) is 38.7 Å². The molecule has 0 saturated heterocycles. The lowest BCUT2D eigenvalue weighted by Gasteiger charge is -2.06. The fraction of sp³-hybridized carbons (Fsp3) is 0.556. The lowest BCUT2D eigenvalue weighted by atomic mass is 10.1. The van der Waals surface area contributed by atoms with E-state index in [2.05, 4.69) is 21.9 Å². The summed E-state index contributed by atoms with van der Waals surface area (Å²) in [4.78, 5) is 14.9. The van der Waals surface area contributed by atoms with Crippen molar-refractivity contribution >= 4 is 11.7 Å². The molecule has 0 aromatic carbocycles. The average Bonchev–Trinajstić information content (AvgIpc) is 2.16. The molecule has 0 radical (unpaired) electrons. The quantitative estimate of drug-likeness (QED) is 0.460. The largest absolute Gasteiger partial charge is 0.468 e. The third-order valence-electron chi connectivity index (χ3n) is 1.78. The average molecular weight is 167 g/mol. The van der Waals surface area contributed by atoms with E-state index < -0.39 is 0 Å². The zero-order chi connectivity index (χ0) is 8.81. The molecule has 66 valence electrons. The maximum Gasteiger partial charge on any atom is 0.327 e. The molecule has 1 rings (SSSR count). The number of rotatable bonds is 2. The molecule has 0 amide bonds. The molecule has 0 atom stereocenters. The van der Waals surface area contributed by atoms with Gasteiger partial charge in [-0.2, -0.15) is 0 Å². The Morgan fingerprint density at radius 2 is 2.50 bits per heavy atom. The van der Waals surface area contributed by atoms with Crippen molar-refractivity contribution in [1.29, 1.82) is 0 Å². The van der Waals surface area contributed by atoms with Crippen LogP contribution in [0.15, 0.2) is 17.1 Å². The maximum atomic E-state index is 10.7. The second-order valence-electron chi connectivity index (χ2n) is 2.67. The third-order valence-corrected chi connectivity index (χ3v) is 1.78. The number of ether oxygens (including phenoxy) is 1. The summed E-state index contributed by atoms with van der Waals surface area (Å²) in [5.41, 5.74) is 1.10. The van der Waals surface area contributed by atoms with Gasteiger partial charge in [0.1, 0.15) is 6.54 Å². The summed E-state index contributed by atoms with van der Waals surface area (Å²) in [5.74, 6) is -0.267. The van der Waals surface area contributed by atoms with Gasteiger partial charge in [0, 0.05) is 12.1 Å². The van der Waals surface area contributed by atoms with Gasteiger partial charge in [-0.25, -0.2) is 0 Å². The van der Waals surface area contributed by atoms with Gasteiger partial charge in [0.15, 0.2) is 0 Å². The zero-order valence-electron chi connectivity index (χ0n) is 7.25. The highest BCUT2D eigenvalue weighted by Gasteiger charge is 2.02. The summed E-state index contributed by atoms with van der Waals surface area (Å²) >= 11 is 0. The van der Waals surface area contributed by atoms with Crippen LogP contribution < -0.4 is 0 Å². The highest BCUT2D eigenvalue weighted by molar-refractivity contribution is 5.88. The van der Waals surface area contributed by atoms with E-state index >= 15 is 0 Å². The van der Waals surface area contributed by atoms with E-state index in [0.29, 0.717) is 0 Å². The summed E-state index contributed by atoms with van der Waals surface area (Å²) in [6.45, 7) is 0.166. The minimum absolute atomic E-state index is 0.166. The monoisotopic (exact) mass is 167 g/mol. The van der Waals surface area contributed by atoms with Crippen LogP contribution in [0.2, 0.25) is 0 Å². The van der Waals surface area contributed by atoms with Crippen molar-refractivity contribution in [2.45, 2.75) is 19.3 Å². The van der Waals surface area contributed by atoms with Crippen molar-refractivity contribution in [2.24, 2.45) is 4.99 Å². The predicted molar refractivity (Wildman–Crippen MR) is 47.3 cm³/mol. The highest BCUT2D eigenvalue weighted by atomic mass is 16.5. The highest BCUT2D eigenvalue weighted by Crippen LogP contribution is 2.06. The third kappa shape index (κ3) is 2.86. The zero-order valence-corrected chi connectivity index (χ0v) is 7.25. The molecule has 1 aliphatic carbocycles. The number of nitrogens with zero attached hydrogens (tertiary/aromatic N) is 1. The molecule has 0 N–H and O–H groups in total. The van der Waals surface area contributed by atoms with Crippen LogP contribution in [0.5, 0.6) is 0 Å². The minimum atomic E-state index is -0.267. The molecule has 12 heavy (non-hydrogen) atoms.